The first-order chi connectivity index (χ1) is 11.8. The topological polar surface area (TPSA) is 92.5 Å². The van der Waals surface area contributed by atoms with Gasteiger partial charge in [0.05, 0.1) is 0 Å². The number of aryl methyl sites for hydroxylation is 2. The molecular weight excluding hydrogens is 318 g/mol. The van der Waals surface area contributed by atoms with Gasteiger partial charge in [-0.1, -0.05) is 6.07 Å². The first-order valence-corrected chi connectivity index (χ1v) is 8.77. The smallest absolute Gasteiger partial charge is 0.233 e. The Hall–Kier alpha value is -2.37. The molecule has 2 rings (SSSR count). The molecule has 0 aromatic heterocycles. The van der Waals surface area contributed by atoms with Gasteiger partial charge in [-0.15, -0.1) is 0 Å². The van der Waals surface area contributed by atoms with E-state index >= 15 is 0 Å². The van der Waals surface area contributed by atoms with Crippen molar-refractivity contribution < 1.29 is 14.4 Å². The van der Waals surface area contributed by atoms with Gasteiger partial charge in [0.15, 0.2) is 0 Å². The van der Waals surface area contributed by atoms with Crippen LogP contribution >= 0.6 is 0 Å². The SMILES string of the molecule is Cc1cc(C)cc(NC(=O)CC(=O)N2CCCC(CCC(N)=O)C2)c1. The minimum Gasteiger partial charge on any atom is -0.370 e. The zero-order valence-electron chi connectivity index (χ0n) is 15.0. The van der Waals surface area contributed by atoms with Crippen molar-refractivity contribution in [3.8, 4) is 0 Å². The van der Waals surface area contributed by atoms with E-state index in [1.165, 1.54) is 0 Å². The van der Waals surface area contributed by atoms with Crippen molar-refractivity contribution in [3.05, 3.63) is 29.3 Å². The van der Waals surface area contributed by atoms with Crippen LogP contribution in [0.2, 0.25) is 0 Å². The maximum Gasteiger partial charge on any atom is 0.233 e. The van der Waals surface area contributed by atoms with Crippen molar-refractivity contribution in [2.45, 2.75) is 46.0 Å². The number of nitrogens with two attached hydrogens (primary N) is 1. The van der Waals surface area contributed by atoms with Gasteiger partial charge in [0, 0.05) is 25.2 Å². The van der Waals surface area contributed by atoms with E-state index in [1.807, 2.05) is 32.0 Å². The summed E-state index contributed by atoms with van der Waals surface area (Å²) in [4.78, 5) is 37.2. The summed E-state index contributed by atoms with van der Waals surface area (Å²) in [6.07, 6.45) is 2.78. The second-order valence-corrected chi connectivity index (χ2v) is 6.95. The monoisotopic (exact) mass is 345 g/mol. The Bertz CT molecular complexity index is 637. The molecule has 0 bridgehead atoms. The summed E-state index contributed by atoms with van der Waals surface area (Å²) in [6.45, 7) is 5.20. The van der Waals surface area contributed by atoms with Gasteiger partial charge in [0.2, 0.25) is 17.7 Å². The molecule has 1 saturated heterocycles. The summed E-state index contributed by atoms with van der Waals surface area (Å²) < 4.78 is 0. The number of piperidine rings is 1. The maximum absolute atomic E-state index is 12.4. The van der Waals surface area contributed by atoms with Crippen LogP contribution in [0.5, 0.6) is 0 Å². The zero-order valence-corrected chi connectivity index (χ0v) is 15.0. The number of anilines is 1. The Morgan fingerprint density at radius 1 is 1.20 bits per heavy atom. The number of hydrogen-bond acceptors (Lipinski definition) is 3. The largest absolute Gasteiger partial charge is 0.370 e. The molecule has 0 spiro atoms. The molecule has 1 fully saturated rings. The summed E-state index contributed by atoms with van der Waals surface area (Å²) in [5.41, 5.74) is 8.04. The van der Waals surface area contributed by atoms with Gasteiger partial charge in [-0.3, -0.25) is 14.4 Å². The Morgan fingerprint density at radius 2 is 1.88 bits per heavy atom. The van der Waals surface area contributed by atoms with Gasteiger partial charge in [0.1, 0.15) is 6.42 Å². The number of rotatable bonds is 6. The van der Waals surface area contributed by atoms with Crippen molar-refractivity contribution >= 4 is 23.4 Å². The first kappa shape index (κ1) is 19.0. The molecule has 1 atom stereocenters. The number of nitrogens with one attached hydrogen (secondary N) is 1. The van der Waals surface area contributed by atoms with Crippen LogP contribution < -0.4 is 11.1 Å². The molecule has 6 heteroatoms. The number of carbonyl (C=O) groups excluding carboxylic acids is 3. The number of primary amides is 1. The predicted molar refractivity (Wildman–Crippen MR) is 96.9 cm³/mol. The summed E-state index contributed by atoms with van der Waals surface area (Å²) >= 11 is 0. The van der Waals surface area contributed by atoms with E-state index in [0.717, 1.165) is 24.0 Å². The second-order valence-electron chi connectivity index (χ2n) is 6.95. The molecule has 136 valence electrons. The van der Waals surface area contributed by atoms with E-state index in [-0.39, 0.29) is 30.1 Å². The minimum atomic E-state index is -0.309. The average molecular weight is 345 g/mol. The standard InChI is InChI=1S/C19H27N3O3/c1-13-8-14(2)10-16(9-13)21-18(24)11-19(25)22-7-3-4-15(12-22)5-6-17(20)23/h8-10,15H,3-7,11-12H2,1-2H3,(H2,20,23)(H,21,24). The number of hydrogen-bond donors (Lipinski definition) is 2. The Balaban J connectivity index is 1.85. The predicted octanol–water partition coefficient (Wildman–Crippen LogP) is 2.14. The summed E-state index contributed by atoms with van der Waals surface area (Å²) in [5.74, 6) is -0.483. The third-order valence-corrected chi connectivity index (χ3v) is 4.49. The highest BCUT2D eigenvalue weighted by molar-refractivity contribution is 6.03. The second kappa shape index (κ2) is 8.65. The van der Waals surface area contributed by atoms with Gasteiger partial charge in [-0.25, -0.2) is 0 Å². The van der Waals surface area contributed by atoms with Gasteiger partial charge in [-0.2, -0.15) is 0 Å². The van der Waals surface area contributed by atoms with E-state index in [2.05, 4.69) is 5.32 Å². The van der Waals surface area contributed by atoms with Crippen molar-refractivity contribution in [1.29, 1.82) is 0 Å². The average Bonchev–Trinajstić information content (AvgIpc) is 2.52. The molecule has 1 aromatic carbocycles. The molecule has 1 aromatic rings. The number of benzene rings is 1. The highest BCUT2D eigenvalue weighted by atomic mass is 16.2. The molecule has 25 heavy (non-hydrogen) atoms. The zero-order chi connectivity index (χ0) is 18.4. The molecule has 0 aliphatic carbocycles. The van der Waals surface area contributed by atoms with Crippen LogP contribution in [0.4, 0.5) is 5.69 Å². The molecular formula is C19H27N3O3. The molecule has 1 aliphatic rings. The number of nitrogens with zero attached hydrogens (tertiary/aromatic N) is 1. The first-order valence-electron chi connectivity index (χ1n) is 8.77. The Labute approximate surface area is 148 Å². The van der Waals surface area contributed by atoms with Crippen molar-refractivity contribution in [2.24, 2.45) is 11.7 Å². The van der Waals surface area contributed by atoms with Gasteiger partial charge < -0.3 is 16.0 Å². The summed E-state index contributed by atoms with van der Waals surface area (Å²) in [7, 11) is 0. The van der Waals surface area contributed by atoms with E-state index in [1.54, 1.807) is 4.90 Å². The van der Waals surface area contributed by atoms with Crippen LogP contribution in [0, 0.1) is 19.8 Å². The fourth-order valence-electron chi connectivity index (χ4n) is 3.37. The molecule has 1 unspecified atom stereocenters. The lowest BCUT2D eigenvalue weighted by Gasteiger charge is -2.32. The van der Waals surface area contributed by atoms with E-state index in [9.17, 15) is 14.4 Å². The Kier molecular flexibility index (Phi) is 6.56. The third-order valence-electron chi connectivity index (χ3n) is 4.49. The Morgan fingerprint density at radius 3 is 2.52 bits per heavy atom. The quantitative estimate of drug-likeness (QED) is 0.774. The number of likely N-dealkylation sites (tertiary alicyclic amines) is 1. The van der Waals surface area contributed by atoms with Crippen LogP contribution in [0.3, 0.4) is 0 Å². The molecule has 0 saturated carbocycles. The molecule has 3 N–H and O–H groups in total. The van der Waals surface area contributed by atoms with Crippen molar-refractivity contribution in [1.82, 2.24) is 4.90 Å². The van der Waals surface area contributed by atoms with Crippen molar-refractivity contribution in [2.75, 3.05) is 18.4 Å². The third kappa shape index (κ3) is 6.21. The molecule has 6 nitrogen and oxygen atoms in total. The van der Waals surface area contributed by atoms with E-state index < -0.39 is 0 Å². The highest BCUT2D eigenvalue weighted by Gasteiger charge is 2.25. The fraction of sp³-hybridized carbons (Fsp3) is 0.526. The van der Waals surface area contributed by atoms with Crippen LogP contribution in [0.25, 0.3) is 0 Å². The lowest BCUT2D eigenvalue weighted by atomic mass is 9.93. The lowest BCUT2D eigenvalue weighted by molar-refractivity contribution is -0.136. The van der Waals surface area contributed by atoms with Crippen LogP contribution in [-0.2, 0) is 14.4 Å². The summed E-state index contributed by atoms with van der Waals surface area (Å²) in [6, 6.07) is 5.80. The van der Waals surface area contributed by atoms with E-state index in [4.69, 9.17) is 5.73 Å². The van der Waals surface area contributed by atoms with Crippen molar-refractivity contribution in [3.63, 3.8) is 0 Å². The maximum atomic E-state index is 12.4. The number of carbonyl (C=O) groups is 3. The van der Waals surface area contributed by atoms with E-state index in [0.29, 0.717) is 31.6 Å². The molecule has 1 aliphatic heterocycles. The molecule has 0 radical (unpaired) electrons. The fourth-order valence-corrected chi connectivity index (χ4v) is 3.37. The lowest BCUT2D eigenvalue weighted by Crippen LogP contribution is -2.41. The van der Waals surface area contributed by atoms with Gasteiger partial charge in [0.25, 0.3) is 0 Å². The number of amides is 3. The molecule has 3 amide bonds. The minimum absolute atomic E-state index is 0.157. The summed E-state index contributed by atoms with van der Waals surface area (Å²) in [5, 5.41) is 2.80. The molecule has 1 heterocycles. The van der Waals surface area contributed by atoms with Gasteiger partial charge in [-0.05, 0) is 62.3 Å². The highest BCUT2D eigenvalue weighted by Crippen LogP contribution is 2.21. The van der Waals surface area contributed by atoms with Gasteiger partial charge >= 0.3 is 0 Å². The van der Waals surface area contributed by atoms with Crippen LogP contribution in [-0.4, -0.2) is 35.7 Å². The normalized spacial score (nSPS) is 17.2. The van der Waals surface area contributed by atoms with Crippen LogP contribution in [0.1, 0.15) is 43.2 Å². The van der Waals surface area contributed by atoms with Crippen LogP contribution in [0.15, 0.2) is 18.2 Å².